The number of carbonyl (C=O) groups excluding carboxylic acids is 3. The fourth-order valence-corrected chi connectivity index (χ4v) is 3.95. The number of Topliss-reactive ketones (excluding diaryl/α,β-unsaturated/α-hetero) is 1. The van der Waals surface area contributed by atoms with Crippen LogP contribution in [0.4, 0.5) is 13.2 Å². The number of nitrogens with zero attached hydrogens (tertiary/aromatic N) is 1. The highest BCUT2D eigenvalue weighted by Gasteiger charge is 2.32. The number of benzene rings is 1. The summed E-state index contributed by atoms with van der Waals surface area (Å²) >= 11 is 0. The molecule has 1 aromatic carbocycles. The number of hydrogen-bond donors (Lipinski definition) is 0. The van der Waals surface area contributed by atoms with E-state index in [9.17, 15) is 27.6 Å². The summed E-state index contributed by atoms with van der Waals surface area (Å²) in [5.41, 5.74) is 0.517. The smallest absolute Gasteiger partial charge is 0.493 e. The molecule has 0 radical (unpaired) electrons. The molecule has 0 fully saturated rings. The van der Waals surface area contributed by atoms with Crippen molar-refractivity contribution in [1.29, 1.82) is 0 Å². The molecule has 3 atom stereocenters. The predicted molar refractivity (Wildman–Crippen MR) is 126 cm³/mol. The van der Waals surface area contributed by atoms with Gasteiger partial charge < -0.3 is 18.9 Å². The van der Waals surface area contributed by atoms with Crippen molar-refractivity contribution in [2.45, 2.75) is 59.4 Å². The van der Waals surface area contributed by atoms with Crippen LogP contribution in [-0.2, 0) is 14.3 Å². The Balaban J connectivity index is 2.12. The summed E-state index contributed by atoms with van der Waals surface area (Å²) < 4.78 is 57.2. The monoisotopic (exact) mass is 525 g/mol. The minimum absolute atomic E-state index is 0.0265. The highest BCUT2D eigenvalue weighted by Crippen LogP contribution is 2.34. The van der Waals surface area contributed by atoms with Gasteiger partial charge in [0.15, 0.2) is 17.2 Å². The zero-order valence-electron chi connectivity index (χ0n) is 21.4. The van der Waals surface area contributed by atoms with E-state index < -0.39 is 36.1 Å². The zero-order chi connectivity index (χ0) is 27.9. The summed E-state index contributed by atoms with van der Waals surface area (Å²) in [5.74, 6) is -3.41. The third-order valence-corrected chi connectivity index (χ3v) is 5.52. The summed E-state index contributed by atoms with van der Waals surface area (Å²) in [6.45, 7) is 8.16. The van der Waals surface area contributed by atoms with Crippen LogP contribution < -0.4 is 14.2 Å². The Kier molecular flexibility index (Phi) is 10.0. The highest BCUT2D eigenvalue weighted by atomic mass is 19.4. The van der Waals surface area contributed by atoms with Crippen LogP contribution in [0, 0.1) is 11.8 Å². The van der Waals surface area contributed by atoms with Gasteiger partial charge in [-0.25, -0.2) is 4.98 Å². The van der Waals surface area contributed by atoms with E-state index in [1.165, 1.54) is 57.5 Å². The molecule has 0 aliphatic rings. The molecule has 1 heterocycles. The minimum Gasteiger partial charge on any atom is -0.493 e. The Labute approximate surface area is 213 Å². The number of esters is 2. The number of pyridine rings is 1. The third kappa shape index (κ3) is 8.47. The van der Waals surface area contributed by atoms with E-state index in [0.717, 1.165) is 0 Å². The van der Waals surface area contributed by atoms with Gasteiger partial charge in [-0.05, 0) is 30.5 Å². The Bertz CT molecular complexity index is 1100. The zero-order valence-corrected chi connectivity index (χ0v) is 21.4. The lowest BCUT2D eigenvalue weighted by Gasteiger charge is -2.29. The lowest BCUT2D eigenvalue weighted by atomic mass is 9.84. The van der Waals surface area contributed by atoms with Crippen LogP contribution in [0.1, 0.15) is 63.0 Å². The molecule has 0 aliphatic heterocycles. The largest absolute Gasteiger partial charge is 0.573 e. The first-order valence-corrected chi connectivity index (χ1v) is 11.5. The number of rotatable bonds is 11. The van der Waals surface area contributed by atoms with Gasteiger partial charge in [-0.15, -0.1) is 13.2 Å². The number of hydrogen-bond acceptors (Lipinski definition) is 8. The molecule has 2 rings (SSSR count). The molecule has 0 aliphatic carbocycles. The lowest BCUT2D eigenvalue weighted by Crippen LogP contribution is -2.29. The predicted octanol–water partition coefficient (Wildman–Crippen LogP) is 5.49. The van der Waals surface area contributed by atoms with Crippen LogP contribution in [0.5, 0.6) is 17.2 Å². The second-order valence-corrected chi connectivity index (χ2v) is 8.84. The van der Waals surface area contributed by atoms with E-state index in [-0.39, 0.29) is 41.2 Å². The van der Waals surface area contributed by atoms with Crippen molar-refractivity contribution in [3.8, 4) is 17.2 Å². The minimum atomic E-state index is -4.80. The summed E-state index contributed by atoms with van der Waals surface area (Å²) in [7, 11) is 1.35. The van der Waals surface area contributed by atoms with Gasteiger partial charge in [-0.1, -0.05) is 32.9 Å². The van der Waals surface area contributed by atoms with Crippen LogP contribution in [-0.4, -0.2) is 42.3 Å². The molecule has 0 saturated heterocycles. The van der Waals surface area contributed by atoms with Crippen molar-refractivity contribution in [3.63, 3.8) is 0 Å². The molecular weight excluding hydrogens is 495 g/mol. The number of ether oxygens (including phenoxy) is 4. The summed E-state index contributed by atoms with van der Waals surface area (Å²) in [6, 6.07) is 6.83. The molecule has 11 heteroatoms. The quantitative estimate of drug-likeness (QED) is 0.280. The van der Waals surface area contributed by atoms with Gasteiger partial charge in [0.05, 0.1) is 13.0 Å². The van der Waals surface area contributed by atoms with Crippen LogP contribution in [0.2, 0.25) is 0 Å². The Morgan fingerprint density at radius 3 is 2.14 bits per heavy atom. The first-order valence-electron chi connectivity index (χ1n) is 11.5. The van der Waals surface area contributed by atoms with Crippen molar-refractivity contribution < 1.29 is 46.5 Å². The molecule has 0 unspecified atom stereocenters. The maximum absolute atomic E-state index is 12.9. The van der Waals surface area contributed by atoms with Crippen LogP contribution >= 0.6 is 0 Å². The first-order chi connectivity index (χ1) is 17.2. The average Bonchev–Trinajstić information content (AvgIpc) is 2.78. The number of alkyl halides is 3. The van der Waals surface area contributed by atoms with Crippen molar-refractivity contribution >= 4 is 17.7 Å². The van der Waals surface area contributed by atoms with Crippen molar-refractivity contribution in [3.05, 3.63) is 47.8 Å². The molecule has 202 valence electrons. The van der Waals surface area contributed by atoms with E-state index in [0.29, 0.717) is 5.56 Å². The first kappa shape index (κ1) is 29.6. The number of carbonyl (C=O) groups is 3. The van der Waals surface area contributed by atoms with Gasteiger partial charge in [0.1, 0.15) is 11.9 Å². The number of aromatic nitrogens is 1. The number of methoxy groups -OCH3 is 1. The highest BCUT2D eigenvalue weighted by molar-refractivity contribution is 5.99. The van der Waals surface area contributed by atoms with Gasteiger partial charge >= 0.3 is 18.3 Å². The van der Waals surface area contributed by atoms with Crippen molar-refractivity contribution in [2.24, 2.45) is 11.8 Å². The van der Waals surface area contributed by atoms with Crippen LogP contribution in [0.15, 0.2) is 36.5 Å². The SMILES string of the molecule is COc1ccnc(C(=O)C[C@@H](C)C(=O)O[C@@H](C)[C@H](c2ccc(OC(F)(F)F)cc2)C(C)C)c1OC(C)=O. The molecule has 1 aromatic heterocycles. The Hall–Kier alpha value is -3.63. The van der Waals surface area contributed by atoms with Crippen LogP contribution in [0.25, 0.3) is 0 Å². The van der Waals surface area contributed by atoms with E-state index >= 15 is 0 Å². The van der Waals surface area contributed by atoms with E-state index in [4.69, 9.17) is 14.2 Å². The molecule has 2 aromatic rings. The van der Waals surface area contributed by atoms with Gasteiger partial charge in [0.25, 0.3) is 0 Å². The van der Waals surface area contributed by atoms with Crippen LogP contribution in [0.3, 0.4) is 0 Å². The molecule has 0 amide bonds. The summed E-state index contributed by atoms with van der Waals surface area (Å²) in [4.78, 5) is 41.2. The standard InChI is InChI=1S/C26H30F3NO7/c1-14(2)22(18-7-9-19(10-8-18)37-26(27,28)29)16(4)35-25(33)15(3)13-20(32)23-24(36-17(5)31)21(34-6)11-12-30-23/h7-12,14-16,22H,13H2,1-6H3/t15-,16+,22-/m1/s1. The normalized spacial score (nSPS) is 13.9. The molecule has 0 spiro atoms. The molecule has 0 bridgehead atoms. The van der Waals surface area contributed by atoms with E-state index in [2.05, 4.69) is 9.72 Å². The topological polar surface area (TPSA) is 101 Å². The molecular formula is C26H30F3NO7. The van der Waals surface area contributed by atoms with E-state index in [1.54, 1.807) is 6.92 Å². The second-order valence-electron chi connectivity index (χ2n) is 8.84. The van der Waals surface area contributed by atoms with E-state index in [1.807, 2.05) is 13.8 Å². The Morgan fingerprint density at radius 2 is 1.62 bits per heavy atom. The maximum Gasteiger partial charge on any atom is 0.573 e. The third-order valence-electron chi connectivity index (χ3n) is 5.52. The Morgan fingerprint density at radius 1 is 1.00 bits per heavy atom. The number of ketones is 1. The molecule has 37 heavy (non-hydrogen) atoms. The molecule has 0 N–H and O–H groups in total. The second kappa shape index (κ2) is 12.6. The lowest BCUT2D eigenvalue weighted by molar-refractivity contribution is -0.274. The number of halogens is 3. The van der Waals surface area contributed by atoms with Crippen molar-refractivity contribution in [1.82, 2.24) is 4.98 Å². The molecule has 8 nitrogen and oxygen atoms in total. The van der Waals surface area contributed by atoms with Crippen molar-refractivity contribution in [2.75, 3.05) is 7.11 Å². The fraction of sp³-hybridized carbons (Fsp3) is 0.462. The maximum atomic E-state index is 12.9. The van der Waals surface area contributed by atoms with Gasteiger partial charge in [0.2, 0.25) is 5.75 Å². The van der Waals surface area contributed by atoms with Gasteiger partial charge in [-0.2, -0.15) is 0 Å². The van der Waals surface area contributed by atoms with Gasteiger partial charge in [0, 0.05) is 31.5 Å². The average molecular weight is 526 g/mol. The summed E-state index contributed by atoms with van der Waals surface area (Å²) in [5, 5.41) is 0. The fourth-order valence-electron chi connectivity index (χ4n) is 3.95. The summed E-state index contributed by atoms with van der Waals surface area (Å²) in [6.07, 6.45) is -4.39. The molecule has 0 saturated carbocycles. The van der Waals surface area contributed by atoms with Gasteiger partial charge in [-0.3, -0.25) is 14.4 Å².